The summed E-state index contributed by atoms with van der Waals surface area (Å²) in [4.78, 5) is 27.6. The van der Waals surface area contributed by atoms with Crippen molar-refractivity contribution in [1.82, 2.24) is 10.2 Å². The van der Waals surface area contributed by atoms with Crippen molar-refractivity contribution >= 4 is 57.6 Å². The lowest BCUT2D eigenvalue weighted by atomic mass is 10.1. The molecule has 0 fully saturated rings. The Hall–Kier alpha value is -1.51. The minimum absolute atomic E-state index is 0.112. The van der Waals surface area contributed by atoms with E-state index < -0.39 is 6.04 Å². The van der Waals surface area contributed by atoms with Gasteiger partial charge in [0.15, 0.2) is 6.61 Å². The smallest absolute Gasteiger partial charge is 0.261 e. The number of nitrogens with one attached hydrogen (secondary N) is 1. The average Bonchev–Trinajstić information content (AvgIpc) is 2.73. The number of nitrogens with zero attached hydrogens (tertiary/aromatic N) is 1. The third-order valence-electron chi connectivity index (χ3n) is 4.64. The molecule has 8 heteroatoms. The van der Waals surface area contributed by atoms with Gasteiger partial charge in [0.25, 0.3) is 5.91 Å². The molecule has 0 aliphatic carbocycles. The van der Waals surface area contributed by atoms with E-state index in [0.29, 0.717) is 40.2 Å². The average molecular weight is 577 g/mol. The van der Waals surface area contributed by atoms with Crippen molar-refractivity contribution in [3.63, 3.8) is 0 Å². The Morgan fingerprint density at radius 2 is 1.71 bits per heavy atom. The third-order valence-corrected chi connectivity index (χ3v) is 6.06. The fourth-order valence-corrected chi connectivity index (χ4v) is 3.83. The monoisotopic (exact) mass is 576 g/mol. The van der Waals surface area contributed by atoms with Crippen LogP contribution in [0.3, 0.4) is 0 Å². The fraction of sp³-hybridized carbons (Fsp3) is 0.391. The Labute approximate surface area is 207 Å². The summed E-state index contributed by atoms with van der Waals surface area (Å²) in [6, 6.07) is 11.9. The molecule has 2 rings (SSSR count). The lowest BCUT2D eigenvalue weighted by Crippen LogP contribution is -2.50. The van der Waals surface area contributed by atoms with Gasteiger partial charge < -0.3 is 15.0 Å². The van der Waals surface area contributed by atoms with Gasteiger partial charge in [-0.25, -0.2) is 0 Å². The van der Waals surface area contributed by atoms with Gasteiger partial charge in [0.05, 0.1) is 0 Å². The first-order chi connectivity index (χ1) is 14.7. The predicted octanol–water partition coefficient (Wildman–Crippen LogP) is 5.56. The van der Waals surface area contributed by atoms with E-state index >= 15 is 0 Å². The molecular formula is C23H27Cl2IN2O3. The number of hydrogen-bond donors (Lipinski definition) is 1. The Morgan fingerprint density at radius 3 is 2.26 bits per heavy atom. The first-order valence-electron chi connectivity index (χ1n) is 10.1. The zero-order chi connectivity index (χ0) is 23.0. The van der Waals surface area contributed by atoms with Crippen molar-refractivity contribution in [2.75, 3.05) is 13.2 Å². The molecule has 2 amide bonds. The van der Waals surface area contributed by atoms with Gasteiger partial charge in [-0.05, 0) is 71.3 Å². The molecule has 0 heterocycles. The number of amides is 2. The zero-order valence-corrected chi connectivity index (χ0v) is 21.5. The van der Waals surface area contributed by atoms with Crippen LogP contribution in [-0.4, -0.2) is 35.9 Å². The SMILES string of the molecule is CC[C@H](C(=O)NCC(C)C)N(Cc1c(Cl)cccc1Cl)C(=O)COc1ccc(I)cc1. The number of halogens is 3. The normalized spacial score (nSPS) is 11.8. The van der Waals surface area contributed by atoms with Crippen LogP contribution in [0.25, 0.3) is 0 Å². The second-order valence-corrected chi connectivity index (χ2v) is 9.59. The molecule has 2 aromatic carbocycles. The van der Waals surface area contributed by atoms with Crippen molar-refractivity contribution in [2.24, 2.45) is 5.92 Å². The molecule has 0 spiro atoms. The Balaban J connectivity index is 2.25. The summed E-state index contributed by atoms with van der Waals surface area (Å²) >= 11 is 14.9. The highest BCUT2D eigenvalue weighted by molar-refractivity contribution is 14.1. The van der Waals surface area contributed by atoms with Crippen molar-refractivity contribution in [2.45, 2.75) is 39.8 Å². The van der Waals surface area contributed by atoms with Crippen LogP contribution in [0.5, 0.6) is 5.75 Å². The molecule has 5 nitrogen and oxygen atoms in total. The van der Waals surface area contributed by atoms with Crippen LogP contribution in [0, 0.1) is 9.49 Å². The Bertz CT molecular complexity index is 871. The zero-order valence-electron chi connectivity index (χ0n) is 17.8. The van der Waals surface area contributed by atoms with E-state index in [2.05, 4.69) is 27.9 Å². The maximum Gasteiger partial charge on any atom is 0.261 e. The van der Waals surface area contributed by atoms with Gasteiger partial charge in [0.2, 0.25) is 5.91 Å². The summed E-state index contributed by atoms with van der Waals surface area (Å²) < 4.78 is 6.75. The summed E-state index contributed by atoms with van der Waals surface area (Å²) in [5, 5.41) is 3.81. The molecule has 0 saturated carbocycles. The number of carbonyl (C=O) groups is 2. The van der Waals surface area contributed by atoms with Gasteiger partial charge in [0.1, 0.15) is 11.8 Å². The number of hydrogen-bond acceptors (Lipinski definition) is 3. The quantitative estimate of drug-likeness (QED) is 0.377. The van der Waals surface area contributed by atoms with E-state index in [9.17, 15) is 9.59 Å². The molecule has 168 valence electrons. The lowest BCUT2D eigenvalue weighted by molar-refractivity contribution is -0.143. The maximum absolute atomic E-state index is 13.2. The summed E-state index contributed by atoms with van der Waals surface area (Å²) in [5.41, 5.74) is 0.601. The molecule has 0 radical (unpaired) electrons. The Kier molecular flexibility index (Phi) is 10.4. The van der Waals surface area contributed by atoms with Crippen LogP contribution >= 0.6 is 45.8 Å². The van der Waals surface area contributed by atoms with Crippen LogP contribution in [0.15, 0.2) is 42.5 Å². The highest BCUT2D eigenvalue weighted by Crippen LogP contribution is 2.27. The number of benzene rings is 2. The number of rotatable bonds is 10. The topological polar surface area (TPSA) is 58.6 Å². The molecule has 0 saturated heterocycles. The summed E-state index contributed by atoms with van der Waals surface area (Å²) in [5.74, 6) is 0.359. The van der Waals surface area contributed by atoms with E-state index in [1.165, 1.54) is 4.90 Å². The summed E-state index contributed by atoms with van der Waals surface area (Å²) in [7, 11) is 0. The molecule has 0 unspecified atom stereocenters. The van der Waals surface area contributed by atoms with Crippen LogP contribution in [0.2, 0.25) is 10.0 Å². The maximum atomic E-state index is 13.2. The van der Waals surface area contributed by atoms with E-state index in [1.54, 1.807) is 30.3 Å². The molecule has 0 aliphatic heterocycles. The van der Waals surface area contributed by atoms with Crippen LogP contribution in [-0.2, 0) is 16.1 Å². The van der Waals surface area contributed by atoms with Crippen molar-refractivity contribution in [3.05, 3.63) is 61.6 Å². The second kappa shape index (κ2) is 12.5. The largest absolute Gasteiger partial charge is 0.484 e. The third kappa shape index (κ3) is 7.84. The van der Waals surface area contributed by atoms with Gasteiger partial charge in [-0.1, -0.05) is 50.0 Å². The standard InChI is InChI=1S/C23H27Cl2IN2O3/c1-4-21(23(30)27-12-15(2)3)28(13-18-19(24)6-5-7-20(18)25)22(29)14-31-17-10-8-16(26)9-11-17/h5-11,15,21H,4,12-14H2,1-3H3,(H,27,30)/t21-/m1/s1. The molecule has 0 aromatic heterocycles. The molecule has 0 bridgehead atoms. The molecule has 2 aromatic rings. The van der Waals surface area contributed by atoms with Crippen molar-refractivity contribution in [1.29, 1.82) is 0 Å². The van der Waals surface area contributed by atoms with Gasteiger partial charge >= 0.3 is 0 Å². The minimum atomic E-state index is -0.668. The molecular weight excluding hydrogens is 550 g/mol. The van der Waals surface area contributed by atoms with Crippen molar-refractivity contribution < 1.29 is 14.3 Å². The minimum Gasteiger partial charge on any atom is -0.484 e. The first-order valence-corrected chi connectivity index (χ1v) is 11.9. The molecule has 0 aliphatic rings. The van der Waals surface area contributed by atoms with Gasteiger partial charge in [0, 0.05) is 32.3 Å². The van der Waals surface area contributed by atoms with Crippen LogP contribution in [0.4, 0.5) is 0 Å². The van der Waals surface area contributed by atoms with E-state index in [-0.39, 0.29) is 25.0 Å². The Morgan fingerprint density at radius 1 is 1.10 bits per heavy atom. The number of carbonyl (C=O) groups excluding carboxylic acids is 2. The van der Waals surface area contributed by atoms with Crippen LogP contribution < -0.4 is 10.1 Å². The van der Waals surface area contributed by atoms with E-state index in [4.69, 9.17) is 27.9 Å². The van der Waals surface area contributed by atoms with Gasteiger partial charge in [-0.2, -0.15) is 0 Å². The molecule has 1 N–H and O–H groups in total. The molecule has 31 heavy (non-hydrogen) atoms. The highest BCUT2D eigenvalue weighted by Gasteiger charge is 2.30. The lowest BCUT2D eigenvalue weighted by Gasteiger charge is -2.31. The van der Waals surface area contributed by atoms with Crippen molar-refractivity contribution in [3.8, 4) is 5.75 Å². The van der Waals surface area contributed by atoms with Gasteiger partial charge in [-0.3, -0.25) is 9.59 Å². The predicted molar refractivity (Wildman–Crippen MR) is 134 cm³/mol. The fourth-order valence-electron chi connectivity index (χ4n) is 2.95. The number of ether oxygens (including phenoxy) is 1. The molecule has 1 atom stereocenters. The van der Waals surface area contributed by atoms with E-state index in [0.717, 1.165) is 3.57 Å². The second-order valence-electron chi connectivity index (χ2n) is 7.53. The van der Waals surface area contributed by atoms with E-state index in [1.807, 2.05) is 32.9 Å². The summed E-state index contributed by atoms with van der Waals surface area (Å²) in [6.07, 6.45) is 0.446. The highest BCUT2D eigenvalue weighted by atomic mass is 127. The summed E-state index contributed by atoms with van der Waals surface area (Å²) in [6.45, 7) is 6.35. The van der Waals surface area contributed by atoms with Gasteiger partial charge in [-0.15, -0.1) is 0 Å². The van der Waals surface area contributed by atoms with Crippen LogP contribution in [0.1, 0.15) is 32.8 Å². The first kappa shape index (κ1) is 25.7.